The van der Waals surface area contributed by atoms with Gasteiger partial charge < -0.3 is 5.32 Å². The Kier molecular flexibility index (Phi) is 2.62. The van der Waals surface area contributed by atoms with Gasteiger partial charge in [-0.15, -0.1) is 0 Å². The molecule has 6 rings (SSSR count). The average Bonchev–Trinajstić information content (AvgIpc) is 3.44. The van der Waals surface area contributed by atoms with Crippen LogP contribution in [0.2, 0.25) is 0 Å². The summed E-state index contributed by atoms with van der Waals surface area (Å²) in [5, 5.41) is 3.22. The van der Waals surface area contributed by atoms with Crippen LogP contribution in [0.1, 0.15) is 60.0 Å². The van der Waals surface area contributed by atoms with Crippen molar-refractivity contribution in [1.29, 1.82) is 0 Å². The molecule has 0 radical (unpaired) electrons. The maximum absolute atomic E-state index is 12.9. The molecule has 134 valence electrons. The van der Waals surface area contributed by atoms with E-state index in [2.05, 4.69) is 10.3 Å². The zero-order chi connectivity index (χ0) is 17.7. The van der Waals surface area contributed by atoms with Gasteiger partial charge in [-0.25, -0.2) is 4.98 Å². The highest BCUT2D eigenvalue weighted by Gasteiger charge is 2.76. The molecule has 4 saturated carbocycles. The monoisotopic (exact) mass is 349 g/mol. The highest BCUT2D eigenvalue weighted by molar-refractivity contribution is 5.95. The molecule has 5 atom stereocenters. The fourth-order valence-electron chi connectivity index (χ4n) is 6.59. The fourth-order valence-corrected chi connectivity index (χ4v) is 6.59. The molecule has 4 aliphatic rings. The summed E-state index contributed by atoms with van der Waals surface area (Å²) in [6, 6.07) is 5.45. The second kappa shape index (κ2) is 4.56. The molecular weight excluding hydrogens is 326 g/mol. The number of pyridine rings is 1. The Bertz CT molecular complexity index is 975. The lowest BCUT2D eigenvalue weighted by Crippen LogP contribution is -2.40. The molecule has 1 amide bonds. The van der Waals surface area contributed by atoms with E-state index < -0.39 is 0 Å². The largest absolute Gasteiger partial charge is 0.350 e. The number of Topliss-reactive ketones (excluding diaryl/α,β-unsaturated/α-hetero) is 1. The van der Waals surface area contributed by atoms with Crippen molar-refractivity contribution in [3.63, 3.8) is 0 Å². The van der Waals surface area contributed by atoms with Gasteiger partial charge in [0.1, 0.15) is 17.0 Å². The van der Waals surface area contributed by atoms with Gasteiger partial charge in [-0.2, -0.15) is 0 Å². The molecule has 4 fully saturated rings. The molecule has 5 heteroatoms. The van der Waals surface area contributed by atoms with E-state index in [0.717, 1.165) is 24.3 Å². The number of ketones is 1. The van der Waals surface area contributed by atoms with E-state index in [4.69, 9.17) is 0 Å². The Balaban J connectivity index is 1.24. The minimum absolute atomic E-state index is 0.0648. The predicted molar refractivity (Wildman–Crippen MR) is 96.0 cm³/mol. The third-order valence-electron chi connectivity index (χ3n) is 7.73. The number of carbonyl (C=O) groups is 2. The third-order valence-corrected chi connectivity index (χ3v) is 7.73. The van der Waals surface area contributed by atoms with Crippen LogP contribution in [0.3, 0.4) is 0 Å². The van der Waals surface area contributed by atoms with E-state index in [0.29, 0.717) is 27.9 Å². The topological polar surface area (TPSA) is 63.5 Å². The number of nitrogens with zero attached hydrogens (tertiary/aromatic N) is 2. The third kappa shape index (κ3) is 1.89. The lowest BCUT2D eigenvalue weighted by atomic mass is 9.71. The first-order chi connectivity index (χ1) is 12.5. The van der Waals surface area contributed by atoms with Crippen LogP contribution in [-0.4, -0.2) is 27.6 Å². The fraction of sp³-hybridized carbons (Fsp3) is 0.571. The van der Waals surface area contributed by atoms with E-state index in [1.807, 2.05) is 12.1 Å². The Morgan fingerprint density at radius 1 is 1.31 bits per heavy atom. The van der Waals surface area contributed by atoms with Gasteiger partial charge in [0, 0.05) is 19.7 Å². The van der Waals surface area contributed by atoms with Crippen molar-refractivity contribution in [3.8, 4) is 0 Å². The highest BCUT2D eigenvalue weighted by atomic mass is 16.2. The first kappa shape index (κ1) is 14.9. The quantitative estimate of drug-likeness (QED) is 0.863. The van der Waals surface area contributed by atoms with Crippen LogP contribution in [-0.2, 0) is 0 Å². The van der Waals surface area contributed by atoms with Crippen LogP contribution in [0, 0.1) is 28.6 Å². The van der Waals surface area contributed by atoms with Crippen molar-refractivity contribution in [2.75, 3.05) is 6.54 Å². The van der Waals surface area contributed by atoms with Crippen molar-refractivity contribution in [2.45, 2.75) is 39.0 Å². The first-order valence-corrected chi connectivity index (χ1v) is 9.77. The Hall–Kier alpha value is -2.17. The van der Waals surface area contributed by atoms with Gasteiger partial charge in [0.25, 0.3) is 5.91 Å². The molecule has 2 aromatic heterocycles. The minimum Gasteiger partial charge on any atom is -0.350 e. The first-order valence-electron chi connectivity index (χ1n) is 9.77. The van der Waals surface area contributed by atoms with Gasteiger partial charge in [-0.3, -0.25) is 14.0 Å². The molecule has 2 aromatic rings. The van der Waals surface area contributed by atoms with Crippen LogP contribution >= 0.6 is 0 Å². The van der Waals surface area contributed by atoms with E-state index in [-0.39, 0.29) is 11.7 Å². The second-order valence-corrected chi connectivity index (χ2v) is 9.33. The summed E-state index contributed by atoms with van der Waals surface area (Å²) in [7, 11) is 0. The summed E-state index contributed by atoms with van der Waals surface area (Å²) in [4.78, 5) is 28.8. The van der Waals surface area contributed by atoms with Crippen LogP contribution in [0.4, 0.5) is 0 Å². The van der Waals surface area contributed by atoms with Gasteiger partial charge in [0.05, 0.1) is 0 Å². The number of nitrogens with one attached hydrogen (secondary N) is 1. The van der Waals surface area contributed by atoms with E-state index in [9.17, 15) is 9.59 Å². The maximum atomic E-state index is 12.9. The zero-order valence-electron chi connectivity index (χ0n) is 15.0. The SMILES string of the molecule is CC(=O)c1cn2c(C(=O)NCC34CC5CC5C5(CC5C3)C4)cccc2n1. The van der Waals surface area contributed by atoms with E-state index in [1.54, 1.807) is 16.7 Å². The number of amides is 1. The summed E-state index contributed by atoms with van der Waals surface area (Å²) in [5.74, 6) is 2.74. The molecule has 0 saturated heterocycles. The second-order valence-electron chi connectivity index (χ2n) is 9.33. The number of imidazole rings is 1. The molecule has 26 heavy (non-hydrogen) atoms. The van der Waals surface area contributed by atoms with Crippen LogP contribution < -0.4 is 5.32 Å². The molecule has 0 aliphatic heterocycles. The number of hydrogen-bond donors (Lipinski definition) is 1. The summed E-state index contributed by atoms with van der Waals surface area (Å²) >= 11 is 0. The summed E-state index contributed by atoms with van der Waals surface area (Å²) in [6.07, 6.45) is 8.50. The lowest BCUT2D eigenvalue weighted by Gasteiger charge is -2.36. The standard InChI is InChI=1S/C21H23N3O2/c1-12(25)16-9-24-17(3-2-4-18(24)23-16)19(26)22-11-20-6-13-5-15(13)21(10-20)8-14(21)7-20/h2-4,9,13-15H,5-8,10-11H2,1H3,(H,22,26). The Morgan fingerprint density at radius 2 is 2.19 bits per heavy atom. The van der Waals surface area contributed by atoms with Crippen molar-refractivity contribution >= 4 is 17.3 Å². The summed E-state index contributed by atoms with van der Waals surface area (Å²) < 4.78 is 1.73. The molecule has 2 heterocycles. The van der Waals surface area contributed by atoms with Gasteiger partial charge in [0.15, 0.2) is 5.78 Å². The number of hydrogen-bond acceptors (Lipinski definition) is 3. The van der Waals surface area contributed by atoms with Crippen molar-refractivity contribution < 1.29 is 9.59 Å². The lowest BCUT2D eigenvalue weighted by molar-refractivity contribution is 0.0889. The van der Waals surface area contributed by atoms with Gasteiger partial charge in [-0.1, -0.05) is 6.07 Å². The van der Waals surface area contributed by atoms with Crippen molar-refractivity contribution in [1.82, 2.24) is 14.7 Å². The molecule has 1 spiro atoms. The van der Waals surface area contributed by atoms with Crippen LogP contribution in [0.25, 0.3) is 5.65 Å². The summed E-state index contributed by atoms with van der Waals surface area (Å²) in [5.41, 5.74) is 2.60. The maximum Gasteiger partial charge on any atom is 0.268 e. The number of aromatic nitrogens is 2. The minimum atomic E-state index is -0.0874. The highest BCUT2D eigenvalue weighted by Crippen LogP contribution is 2.83. The summed E-state index contributed by atoms with van der Waals surface area (Å²) in [6.45, 7) is 2.29. The number of carbonyl (C=O) groups excluding carboxylic acids is 2. The molecule has 5 nitrogen and oxygen atoms in total. The average molecular weight is 349 g/mol. The molecule has 5 unspecified atom stereocenters. The number of fused-ring (bicyclic) bond motifs is 3. The zero-order valence-corrected chi connectivity index (χ0v) is 15.0. The Morgan fingerprint density at radius 3 is 3.04 bits per heavy atom. The normalized spacial score (nSPS) is 38.6. The van der Waals surface area contributed by atoms with Crippen molar-refractivity contribution in [2.24, 2.45) is 28.6 Å². The van der Waals surface area contributed by atoms with Crippen LogP contribution in [0.15, 0.2) is 24.4 Å². The smallest absolute Gasteiger partial charge is 0.268 e. The number of rotatable bonds is 4. The van der Waals surface area contributed by atoms with Gasteiger partial charge in [0.2, 0.25) is 0 Å². The molecule has 1 N–H and O–H groups in total. The van der Waals surface area contributed by atoms with Crippen molar-refractivity contribution in [3.05, 3.63) is 35.8 Å². The van der Waals surface area contributed by atoms with Crippen LogP contribution in [0.5, 0.6) is 0 Å². The Labute approximate surface area is 152 Å². The molecule has 0 aromatic carbocycles. The molecular formula is C21H23N3O2. The molecule has 2 bridgehead atoms. The van der Waals surface area contributed by atoms with E-state index in [1.165, 1.54) is 39.0 Å². The van der Waals surface area contributed by atoms with Gasteiger partial charge in [-0.05, 0) is 72.8 Å². The van der Waals surface area contributed by atoms with E-state index >= 15 is 0 Å². The molecule has 4 aliphatic carbocycles. The van der Waals surface area contributed by atoms with Gasteiger partial charge >= 0.3 is 0 Å². The predicted octanol–water partition coefficient (Wildman–Crippen LogP) is 3.09.